The average Bonchev–Trinajstić information content (AvgIpc) is 3.38. The van der Waals surface area contributed by atoms with Gasteiger partial charge in [-0.05, 0) is 53.7 Å². The van der Waals surface area contributed by atoms with Crippen LogP contribution in [0.3, 0.4) is 0 Å². The van der Waals surface area contributed by atoms with Crippen LogP contribution in [0.1, 0.15) is 31.4 Å². The van der Waals surface area contributed by atoms with Crippen LogP contribution < -0.4 is 11.2 Å². The second kappa shape index (κ2) is 8.10. The molecule has 0 spiro atoms. The second-order valence-electron chi connectivity index (χ2n) is 7.35. The smallest absolute Gasteiger partial charge is 0.332 e. The van der Waals surface area contributed by atoms with E-state index < -0.39 is 11.2 Å². The van der Waals surface area contributed by atoms with E-state index in [1.54, 1.807) is 28.8 Å². The van der Waals surface area contributed by atoms with Gasteiger partial charge in [0.25, 0.3) is 5.56 Å². The van der Waals surface area contributed by atoms with Gasteiger partial charge in [-0.3, -0.25) is 23.3 Å². The van der Waals surface area contributed by atoms with Crippen LogP contribution in [-0.4, -0.2) is 29.5 Å². The van der Waals surface area contributed by atoms with Crippen molar-refractivity contribution in [3.63, 3.8) is 0 Å². The molecule has 0 N–H and O–H groups in total. The first-order valence-corrected chi connectivity index (χ1v) is 10.5. The molecule has 0 bridgehead atoms. The molecule has 0 saturated heterocycles. The SMILES string of the molecule is Cn1c(=O)c2nc(Br)n(CC(=O)N(Cc3ccco3)C3=CCCCC3)c2n(C)c1=O. The lowest BCUT2D eigenvalue weighted by molar-refractivity contribution is -0.130. The largest absolute Gasteiger partial charge is 0.467 e. The van der Waals surface area contributed by atoms with E-state index in [0.29, 0.717) is 22.7 Å². The number of hydrogen-bond acceptors (Lipinski definition) is 5. The zero-order valence-electron chi connectivity index (χ0n) is 16.8. The molecule has 3 aromatic heterocycles. The van der Waals surface area contributed by atoms with Crippen molar-refractivity contribution in [1.82, 2.24) is 23.6 Å². The number of carbonyl (C=O) groups is 1. The minimum Gasteiger partial charge on any atom is -0.467 e. The lowest BCUT2D eigenvalue weighted by Gasteiger charge is -2.27. The zero-order valence-corrected chi connectivity index (χ0v) is 18.4. The van der Waals surface area contributed by atoms with E-state index in [9.17, 15) is 14.4 Å². The van der Waals surface area contributed by atoms with Crippen LogP contribution >= 0.6 is 15.9 Å². The molecule has 30 heavy (non-hydrogen) atoms. The van der Waals surface area contributed by atoms with E-state index in [1.807, 2.05) is 6.07 Å². The zero-order chi connectivity index (χ0) is 21.4. The van der Waals surface area contributed by atoms with E-state index in [4.69, 9.17) is 4.42 Å². The molecule has 0 saturated carbocycles. The molecule has 0 radical (unpaired) electrons. The van der Waals surface area contributed by atoms with Crippen molar-refractivity contribution in [3.05, 3.63) is 61.5 Å². The van der Waals surface area contributed by atoms with Gasteiger partial charge in [0, 0.05) is 19.8 Å². The van der Waals surface area contributed by atoms with Gasteiger partial charge in [-0.1, -0.05) is 6.08 Å². The van der Waals surface area contributed by atoms with Gasteiger partial charge in [0.1, 0.15) is 12.3 Å². The highest BCUT2D eigenvalue weighted by atomic mass is 79.9. The molecule has 0 fully saturated rings. The minimum absolute atomic E-state index is 0.0738. The Labute approximate surface area is 180 Å². The van der Waals surface area contributed by atoms with E-state index >= 15 is 0 Å². The Morgan fingerprint density at radius 2 is 2.07 bits per heavy atom. The standard InChI is InChI=1S/C20H22BrN5O4/c1-23-17-16(18(28)24(2)20(23)29)22-19(21)26(17)12-15(27)25(11-14-9-6-10-30-14)13-7-4-3-5-8-13/h6-7,9-10H,3-5,8,11-12H2,1-2H3. The van der Waals surface area contributed by atoms with E-state index in [-0.39, 0.29) is 18.0 Å². The number of amides is 1. The van der Waals surface area contributed by atoms with Crippen molar-refractivity contribution < 1.29 is 9.21 Å². The fourth-order valence-corrected chi connectivity index (χ4v) is 4.27. The third kappa shape index (κ3) is 3.55. The predicted octanol–water partition coefficient (Wildman–Crippen LogP) is 2.28. The van der Waals surface area contributed by atoms with Crippen LogP contribution in [0.25, 0.3) is 11.2 Å². The Balaban J connectivity index is 1.75. The van der Waals surface area contributed by atoms with Gasteiger partial charge in [-0.25, -0.2) is 9.78 Å². The van der Waals surface area contributed by atoms with Gasteiger partial charge in [0.2, 0.25) is 5.91 Å². The number of halogens is 1. The van der Waals surface area contributed by atoms with Gasteiger partial charge in [-0.15, -0.1) is 0 Å². The molecule has 0 unspecified atom stereocenters. The first kappa shape index (κ1) is 20.4. The summed E-state index contributed by atoms with van der Waals surface area (Å²) in [5, 5.41) is 0. The maximum Gasteiger partial charge on any atom is 0.332 e. The van der Waals surface area contributed by atoms with Crippen molar-refractivity contribution in [1.29, 1.82) is 0 Å². The monoisotopic (exact) mass is 475 g/mol. The number of aromatic nitrogens is 4. The second-order valence-corrected chi connectivity index (χ2v) is 8.05. The number of rotatable bonds is 5. The molecule has 1 amide bonds. The van der Waals surface area contributed by atoms with Crippen LogP contribution in [0.2, 0.25) is 0 Å². The lowest BCUT2D eigenvalue weighted by atomic mass is 10.0. The molecular weight excluding hydrogens is 454 g/mol. The molecule has 0 aliphatic heterocycles. The van der Waals surface area contributed by atoms with Gasteiger partial charge in [-0.2, -0.15) is 0 Å². The molecular formula is C20H22BrN5O4. The maximum atomic E-state index is 13.4. The summed E-state index contributed by atoms with van der Waals surface area (Å²) >= 11 is 3.35. The van der Waals surface area contributed by atoms with Gasteiger partial charge < -0.3 is 9.32 Å². The van der Waals surface area contributed by atoms with E-state index in [2.05, 4.69) is 27.0 Å². The van der Waals surface area contributed by atoms with Crippen molar-refractivity contribution in [2.45, 2.75) is 38.8 Å². The average molecular weight is 476 g/mol. The van der Waals surface area contributed by atoms with Gasteiger partial charge in [0.15, 0.2) is 15.9 Å². The molecule has 0 atom stereocenters. The predicted molar refractivity (Wildman–Crippen MR) is 114 cm³/mol. The number of hydrogen-bond donors (Lipinski definition) is 0. The maximum absolute atomic E-state index is 13.4. The van der Waals surface area contributed by atoms with Gasteiger partial charge >= 0.3 is 5.69 Å². The number of aryl methyl sites for hydroxylation is 1. The summed E-state index contributed by atoms with van der Waals surface area (Å²) in [5.74, 6) is 0.512. The number of furan rings is 1. The highest BCUT2D eigenvalue weighted by molar-refractivity contribution is 9.10. The van der Waals surface area contributed by atoms with Crippen LogP contribution in [0.15, 0.2) is 48.9 Å². The molecule has 9 nitrogen and oxygen atoms in total. The molecule has 1 aliphatic rings. The first-order chi connectivity index (χ1) is 14.4. The number of nitrogens with zero attached hydrogens (tertiary/aromatic N) is 5. The Kier molecular flexibility index (Phi) is 5.50. The molecule has 0 aromatic carbocycles. The summed E-state index contributed by atoms with van der Waals surface area (Å²) in [4.78, 5) is 44.2. The number of fused-ring (bicyclic) bond motifs is 1. The molecule has 3 heterocycles. The van der Waals surface area contributed by atoms with Crippen molar-refractivity contribution in [2.75, 3.05) is 0 Å². The Bertz CT molecular complexity index is 1250. The molecule has 4 rings (SSSR count). The molecule has 10 heteroatoms. The van der Waals surface area contributed by atoms with Gasteiger partial charge in [0.05, 0.1) is 12.8 Å². The summed E-state index contributed by atoms with van der Waals surface area (Å²) < 4.78 is 9.67. The Morgan fingerprint density at radius 1 is 1.27 bits per heavy atom. The normalized spacial score (nSPS) is 14.2. The van der Waals surface area contributed by atoms with E-state index in [0.717, 1.165) is 35.9 Å². The van der Waals surface area contributed by atoms with Crippen LogP contribution in [0.5, 0.6) is 0 Å². The third-order valence-electron chi connectivity index (χ3n) is 5.40. The Hall–Kier alpha value is -2.88. The summed E-state index contributed by atoms with van der Waals surface area (Å²) in [6, 6.07) is 3.62. The van der Waals surface area contributed by atoms with Crippen LogP contribution in [0, 0.1) is 0 Å². The molecule has 158 valence electrons. The molecule has 1 aliphatic carbocycles. The summed E-state index contributed by atoms with van der Waals surface area (Å²) in [6.07, 6.45) is 7.55. The fourth-order valence-electron chi connectivity index (χ4n) is 3.80. The topological polar surface area (TPSA) is 95.3 Å². The van der Waals surface area contributed by atoms with Crippen molar-refractivity contribution >= 4 is 33.0 Å². The first-order valence-electron chi connectivity index (χ1n) is 9.72. The van der Waals surface area contributed by atoms with E-state index in [1.165, 1.54) is 11.6 Å². The number of imidazole rings is 1. The highest BCUT2D eigenvalue weighted by Crippen LogP contribution is 2.24. The number of allylic oxidation sites excluding steroid dienone is 2. The number of carbonyl (C=O) groups excluding carboxylic acids is 1. The Morgan fingerprint density at radius 3 is 2.73 bits per heavy atom. The molecule has 3 aromatic rings. The van der Waals surface area contributed by atoms with Crippen LogP contribution in [0.4, 0.5) is 0 Å². The fraction of sp³-hybridized carbons (Fsp3) is 0.400. The summed E-state index contributed by atoms with van der Waals surface area (Å²) in [7, 11) is 2.96. The van der Waals surface area contributed by atoms with Crippen molar-refractivity contribution in [2.24, 2.45) is 14.1 Å². The third-order valence-corrected chi connectivity index (χ3v) is 6.00. The highest BCUT2D eigenvalue weighted by Gasteiger charge is 2.25. The quantitative estimate of drug-likeness (QED) is 0.527. The lowest BCUT2D eigenvalue weighted by Crippen LogP contribution is -2.38. The van der Waals surface area contributed by atoms with Crippen molar-refractivity contribution in [3.8, 4) is 0 Å². The van der Waals surface area contributed by atoms with Crippen LogP contribution in [-0.2, 0) is 32.0 Å². The minimum atomic E-state index is -0.498. The summed E-state index contributed by atoms with van der Waals surface area (Å²) in [6.45, 7) is 0.248. The summed E-state index contributed by atoms with van der Waals surface area (Å²) in [5.41, 5.74) is 0.430.